The van der Waals surface area contributed by atoms with E-state index in [1.165, 1.54) is 5.56 Å². The number of rotatable bonds is 5. The summed E-state index contributed by atoms with van der Waals surface area (Å²) < 4.78 is 5.25. The lowest BCUT2D eigenvalue weighted by Crippen LogP contribution is -2.38. The highest BCUT2D eigenvalue weighted by Crippen LogP contribution is 2.30. The average molecular weight is 474 g/mol. The fraction of sp³-hybridized carbons (Fsp3) is 0.222. The van der Waals surface area contributed by atoms with Crippen molar-refractivity contribution in [2.24, 2.45) is 0 Å². The number of amides is 2. The number of nitrogens with one attached hydrogen (secondary N) is 1. The van der Waals surface area contributed by atoms with Crippen molar-refractivity contribution in [1.82, 2.24) is 4.90 Å². The van der Waals surface area contributed by atoms with Gasteiger partial charge in [-0.05, 0) is 60.2 Å². The standard InChI is InChI=1S/C27H24ClN3O3/c28-24-11-10-23(16-25(24)30-27(33)34-18-20-4-2-1-3-5-20)26(32)31-14-12-22(13-15-31)21-8-6-19(17-29)7-9-21/h1-11,16,22H,12-15,18H2,(H,30,33). The van der Waals surface area contributed by atoms with Crippen molar-refractivity contribution in [2.45, 2.75) is 25.4 Å². The first-order chi connectivity index (χ1) is 16.5. The van der Waals surface area contributed by atoms with Crippen LogP contribution < -0.4 is 5.32 Å². The van der Waals surface area contributed by atoms with Crippen molar-refractivity contribution in [2.75, 3.05) is 18.4 Å². The number of ether oxygens (including phenoxy) is 1. The molecule has 1 heterocycles. The Morgan fingerprint density at radius 1 is 1.03 bits per heavy atom. The Morgan fingerprint density at radius 2 is 1.74 bits per heavy atom. The second-order valence-corrected chi connectivity index (χ2v) is 8.59. The van der Waals surface area contributed by atoms with Gasteiger partial charge in [0.05, 0.1) is 22.3 Å². The van der Waals surface area contributed by atoms with Crippen molar-refractivity contribution in [1.29, 1.82) is 5.26 Å². The minimum atomic E-state index is -0.640. The first kappa shape index (κ1) is 23.3. The van der Waals surface area contributed by atoms with Gasteiger partial charge in [0, 0.05) is 18.7 Å². The Labute approximate surface area is 203 Å². The van der Waals surface area contributed by atoms with Gasteiger partial charge in [-0.3, -0.25) is 10.1 Å². The number of piperidine rings is 1. The second-order valence-electron chi connectivity index (χ2n) is 8.18. The quantitative estimate of drug-likeness (QED) is 0.494. The van der Waals surface area contributed by atoms with E-state index in [-0.39, 0.29) is 12.5 Å². The molecule has 0 saturated carbocycles. The molecule has 1 fully saturated rings. The number of likely N-dealkylation sites (tertiary alicyclic amines) is 1. The summed E-state index contributed by atoms with van der Waals surface area (Å²) in [7, 11) is 0. The van der Waals surface area contributed by atoms with E-state index in [0.717, 1.165) is 18.4 Å². The lowest BCUT2D eigenvalue weighted by Gasteiger charge is -2.32. The van der Waals surface area contributed by atoms with E-state index in [1.807, 2.05) is 59.5 Å². The zero-order valence-corrected chi connectivity index (χ0v) is 19.3. The largest absolute Gasteiger partial charge is 0.444 e. The molecule has 3 aromatic rings. The highest BCUT2D eigenvalue weighted by Gasteiger charge is 2.25. The molecule has 34 heavy (non-hydrogen) atoms. The average Bonchev–Trinajstić information content (AvgIpc) is 2.89. The van der Waals surface area contributed by atoms with E-state index in [1.54, 1.807) is 18.2 Å². The fourth-order valence-corrected chi connectivity index (χ4v) is 4.22. The monoisotopic (exact) mass is 473 g/mol. The summed E-state index contributed by atoms with van der Waals surface area (Å²) in [4.78, 5) is 27.1. The third kappa shape index (κ3) is 5.75. The molecule has 7 heteroatoms. The number of anilines is 1. The van der Waals surface area contributed by atoms with Crippen LogP contribution in [0.4, 0.5) is 10.5 Å². The van der Waals surface area contributed by atoms with Crippen molar-refractivity contribution >= 4 is 29.3 Å². The van der Waals surface area contributed by atoms with Crippen LogP contribution in [0.25, 0.3) is 0 Å². The molecule has 3 aromatic carbocycles. The molecule has 0 aromatic heterocycles. The van der Waals surface area contributed by atoms with Crippen LogP contribution in [0.3, 0.4) is 0 Å². The van der Waals surface area contributed by atoms with Gasteiger partial charge < -0.3 is 9.64 Å². The molecule has 2 amide bonds. The van der Waals surface area contributed by atoms with Crippen LogP contribution in [0.1, 0.15) is 45.8 Å². The van der Waals surface area contributed by atoms with Crippen molar-refractivity contribution < 1.29 is 14.3 Å². The third-order valence-electron chi connectivity index (χ3n) is 5.96. The summed E-state index contributed by atoms with van der Waals surface area (Å²) in [6, 6.07) is 24.0. The lowest BCUT2D eigenvalue weighted by molar-refractivity contribution is 0.0713. The van der Waals surface area contributed by atoms with E-state index >= 15 is 0 Å². The first-order valence-corrected chi connectivity index (χ1v) is 11.5. The van der Waals surface area contributed by atoms with Gasteiger partial charge >= 0.3 is 6.09 Å². The maximum atomic E-state index is 13.1. The van der Waals surface area contributed by atoms with Gasteiger partial charge in [0.1, 0.15) is 6.61 Å². The fourth-order valence-electron chi connectivity index (χ4n) is 4.05. The molecule has 0 bridgehead atoms. The number of carbonyl (C=O) groups excluding carboxylic acids is 2. The molecule has 0 radical (unpaired) electrons. The van der Waals surface area contributed by atoms with Crippen molar-refractivity contribution in [3.63, 3.8) is 0 Å². The Kier molecular flexibility index (Phi) is 7.46. The number of carbonyl (C=O) groups is 2. The highest BCUT2D eigenvalue weighted by atomic mass is 35.5. The zero-order valence-electron chi connectivity index (χ0n) is 18.5. The smallest absolute Gasteiger partial charge is 0.412 e. The highest BCUT2D eigenvalue weighted by molar-refractivity contribution is 6.33. The summed E-state index contributed by atoms with van der Waals surface area (Å²) in [5.74, 6) is 0.259. The molecule has 0 unspecified atom stereocenters. The predicted molar refractivity (Wildman–Crippen MR) is 131 cm³/mol. The molecule has 1 aliphatic rings. The Morgan fingerprint density at radius 3 is 2.41 bits per heavy atom. The van der Waals surface area contributed by atoms with Crippen LogP contribution in [-0.4, -0.2) is 30.0 Å². The molecule has 1 saturated heterocycles. The van der Waals surface area contributed by atoms with Crippen LogP contribution in [0.15, 0.2) is 72.8 Å². The minimum absolute atomic E-state index is 0.101. The summed E-state index contributed by atoms with van der Waals surface area (Å²) in [6.45, 7) is 1.40. The van der Waals surface area contributed by atoms with Gasteiger partial charge in [-0.25, -0.2) is 4.79 Å². The van der Waals surface area contributed by atoms with Gasteiger partial charge in [-0.2, -0.15) is 5.26 Å². The van der Waals surface area contributed by atoms with E-state index in [4.69, 9.17) is 21.6 Å². The Bertz CT molecular complexity index is 1200. The SMILES string of the molecule is N#Cc1ccc(C2CCN(C(=O)c3ccc(Cl)c(NC(=O)OCc4ccccc4)c3)CC2)cc1. The van der Waals surface area contributed by atoms with E-state index in [2.05, 4.69) is 11.4 Å². The Hall–Kier alpha value is -3.82. The van der Waals surface area contributed by atoms with Crippen LogP contribution in [0.2, 0.25) is 5.02 Å². The summed E-state index contributed by atoms with van der Waals surface area (Å²) >= 11 is 6.24. The normalized spacial score (nSPS) is 13.7. The lowest BCUT2D eigenvalue weighted by atomic mass is 9.89. The summed E-state index contributed by atoms with van der Waals surface area (Å²) in [5.41, 5.74) is 3.50. The van der Waals surface area contributed by atoms with E-state index < -0.39 is 6.09 Å². The Balaban J connectivity index is 1.35. The minimum Gasteiger partial charge on any atom is -0.444 e. The van der Waals surface area contributed by atoms with Gasteiger partial charge in [0.15, 0.2) is 0 Å². The molecule has 0 aliphatic carbocycles. The molecule has 1 N–H and O–H groups in total. The van der Waals surface area contributed by atoms with E-state index in [0.29, 0.717) is 40.8 Å². The first-order valence-electron chi connectivity index (χ1n) is 11.1. The van der Waals surface area contributed by atoms with Gasteiger partial charge in [0.25, 0.3) is 5.91 Å². The number of hydrogen-bond donors (Lipinski definition) is 1. The molecule has 0 atom stereocenters. The number of benzene rings is 3. The maximum absolute atomic E-state index is 13.1. The van der Waals surface area contributed by atoms with Gasteiger partial charge in [0.2, 0.25) is 0 Å². The van der Waals surface area contributed by atoms with Gasteiger partial charge in [-0.15, -0.1) is 0 Å². The predicted octanol–water partition coefficient (Wildman–Crippen LogP) is 5.98. The number of nitriles is 1. The number of halogens is 1. The van der Waals surface area contributed by atoms with Crippen LogP contribution in [0, 0.1) is 11.3 Å². The third-order valence-corrected chi connectivity index (χ3v) is 6.29. The molecule has 172 valence electrons. The zero-order chi connectivity index (χ0) is 23.9. The molecule has 6 nitrogen and oxygen atoms in total. The van der Waals surface area contributed by atoms with Crippen LogP contribution >= 0.6 is 11.6 Å². The maximum Gasteiger partial charge on any atom is 0.412 e. The molecular weight excluding hydrogens is 450 g/mol. The number of nitrogens with zero attached hydrogens (tertiary/aromatic N) is 2. The second kappa shape index (κ2) is 10.9. The van der Waals surface area contributed by atoms with Crippen LogP contribution in [-0.2, 0) is 11.3 Å². The number of hydrogen-bond acceptors (Lipinski definition) is 4. The van der Waals surface area contributed by atoms with Gasteiger partial charge in [-0.1, -0.05) is 54.1 Å². The van der Waals surface area contributed by atoms with Crippen molar-refractivity contribution in [3.05, 3.63) is 100 Å². The molecule has 1 aliphatic heterocycles. The summed E-state index contributed by atoms with van der Waals surface area (Å²) in [6.07, 6.45) is 1.06. The summed E-state index contributed by atoms with van der Waals surface area (Å²) in [5, 5.41) is 11.9. The van der Waals surface area contributed by atoms with Crippen LogP contribution in [0.5, 0.6) is 0 Å². The molecular formula is C27H24ClN3O3. The molecule has 4 rings (SSSR count). The van der Waals surface area contributed by atoms with E-state index in [9.17, 15) is 9.59 Å². The topological polar surface area (TPSA) is 82.4 Å². The molecule has 0 spiro atoms. The van der Waals surface area contributed by atoms with Crippen molar-refractivity contribution in [3.8, 4) is 6.07 Å².